The highest BCUT2D eigenvalue weighted by Crippen LogP contribution is 2.33. The number of benzene rings is 2. The van der Waals surface area contributed by atoms with Crippen molar-refractivity contribution in [3.05, 3.63) is 48.5 Å². The van der Waals surface area contributed by atoms with E-state index in [2.05, 4.69) is 17.2 Å². The monoisotopic (exact) mass is 376 g/mol. The standard InChI is InChI=1S/C24H28N2O2/c1-2-3-6-17-9-11-18(12-10-17)23(27)25-20-15-13-19(14-16-20)24-26-21-7-4-5-8-22(21)28-24/h4-5,7-8,13-18H,2-3,6,9-12H2,1H3,(H,25,27). The molecule has 1 aliphatic rings. The van der Waals surface area contributed by atoms with E-state index in [-0.39, 0.29) is 11.8 Å². The molecule has 1 heterocycles. The van der Waals surface area contributed by atoms with Crippen LogP contribution in [0, 0.1) is 11.8 Å². The molecule has 1 aromatic heterocycles. The minimum Gasteiger partial charge on any atom is -0.436 e. The first-order chi connectivity index (χ1) is 13.7. The third-order valence-corrected chi connectivity index (χ3v) is 5.88. The molecule has 28 heavy (non-hydrogen) atoms. The van der Waals surface area contributed by atoms with E-state index in [0.717, 1.165) is 41.1 Å². The van der Waals surface area contributed by atoms with Crippen molar-refractivity contribution in [3.63, 3.8) is 0 Å². The normalized spacial score (nSPS) is 19.6. The number of oxazole rings is 1. The van der Waals surface area contributed by atoms with Gasteiger partial charge in [-0.15, -0.1) is 0 Å². The molecule has 4 nitrogen and oxygen atoms in total. The Bertz CT molecular complexity index is 888. The van der Waals surface area contributed by atoms with Gasteiger partial charge in [0.2, 0.25) is 11.8 Å². The fraction of sp³-hybridized carbons (Fsp3) is 0.417. The van der Waals surface area contributed by atoms with Crippen LogP contribution in [0.15, 0.2) is 52.9 Å². The molecule has 0 atom stereocenters. The number of para-hydroxylation sites is 2. The van der Waals surface area contributed by atoms with Gasteiger partial charge < -0.3 is 9.73 Å². The lowest BCUT2D eigenvalue weighted by Gasteiger charge is -2.27. The first kappa shape index (κ1) is 18.7. The molecule has 0 unspecified atom stereocenters. The number of carbonyl (C=O) groups is 1. The van der Waals surface area contributed by atoms with E-state index in [4.69, 9.17) is 4.42 Å². The van der Waals surface area contributed by atoms with Crippen molar-refractivity contribution in [3.8, 4) is 11.5 Å². The minimum absolute atomic E-state index is 0.148. The van der Waals surface area contributed by atoms with Crippen molar-refractivity contribution in [2.24, 2.45) is 11.8 Å². The van der Waals surface area contributed by atoms with Gasteiger partial charge in [0.25, 0.3) is 0 Å². The number of nitrogens with one attached hydrogen (secondary N) is 1. The Morgan fingerprint density at radius 2 is 1.82 bits per heavy atom. The number of anilines is 1. The molecule has 1 amide bonds. The first-order valence-corrected chi connectivity index (χ1v) is 10.5. The summed E-state index contributed by atoms with van der Waals surface area (Å²) in [6, 6.07) is 15.5. The van der Waals surface area contributed by atoms with Gasteiger partial charge in [0.05, 0.1) is 0 Å². The first-order valence-electron chi connectivity index (χ1n) is 10.5. The van der Waals surface area contributed by atoms with E-state index in [0.29, 0.717) is 5.89 Å². The SMILES string of the molecule is CCCCC1CCC(C(=O)Nc2ccc(-c3nc4ccccc4o3)cc2)CC1. The lowest BCUT2D eigenvalue weighted by molar-refractivity contribution is -0.121. The average molecular weight is 377 g/mol. The Labute approximate surface area is 166 Å². The van der Waals surface area contributed by atoms with Crippen molar-refractivity contribution in [2.45, 2.75) is 51.9 Å². The molecule has 0 aliphatic heterocycles. The molecule has 0 bridgehead atoms. The smallest absolute Gasteiger partial charge is 0.227 e. The van der Waals surface area contributed by atoms with E-state index >= 15 is 0 Å². The average Bonchev–Trinajstić information content (AvgIpc) is 3.17. The molecule has 1 aliphatic carbocycles. The van der Waals surface area contributed by atoms with Crippen LogP contribution in [0.5, 0.6) is 0 Å². The number of fused-ring (bicyclic) bond motifs is 1. The second-order valence-corrected chi connectivity index (χ2v) is 7.91. The highest BCUT2D eigenvalue weighted by atomic mass is 16.3. The van der Waals surface area contributed by atoms with Crippen molar-refractivity contribution in [2.75, 3.05) is 5.32 Å². The lowest BCUT2D eigenvalue weighted by Crippen LogP contribution is -2.27. The number of amides is 1. The van der Waals surface area contributed by atoms with Gasteiger partial charge in [-0.25, -0.2) is 4.98 Å². The molecule has 1 fully saturated rings. The molecule has 4 heteroatoms. The Morgan fingerprint density at radius 3 is 2.54 bits per heavy atom. The van der Waals surface area contributed by atoms with E-state index in [1.807, 2.05) is 48.5 Å². The molecular formula is C24H28N2O2. The zero-order chi connectivity index (χ0) is 19.3. The summed E-state index contributed by atoms with van der Waals surface area (Å²) >= 11 is 0. The second kappa shape index (κ2) is 8.59. The van der Waals surface area contributed by atoms with Gasteiger partial charge in [-0.3, -0.25) is 4.79 Å². The summed E-state index contributed by atoms with van der Waals surface area (Å²) in [6.45, 7) is 2.24. The highest BCUT2D eigenvalue weighted by molar-refractivity contribution is 5.92. The summed E-state index contributed by atoms with van der Waals surface area (Å²) in [5.41, 5.74) is 3.37. The molecule has 1 saturated carbocycles. The summed E-state index contributed by atoms with van der Waals surface area (Å²) in [7, 11) is 0. The van der Waals surface area contributed by atoms with Crippen LogP contribution >= 0.6 is 0 Å². The Kier molecular flexibility index (Phi) is 5.75. The largest absolute Gasteiger partial charge is 0.436 e. The van der Waals surface area contributed by atoms with Crippen molar-refractivity contribution in [1.82, 2.24) is 4.98 Å². The Balaban J connectivity index is 1.35. The lowest BCUT2D eigenvalue weighted by atomic mass is 9.79. The summed E-state index contributed by atoms with van der Waals surface area (Å²) in [4.78, 5) is 17.1. The van der Waals surface area contributed by atoms with Crippen LogP contribution in [-0.4, -0.2) is 10.9 Å². The maximum atomic E-state index is 12.6. The van der Waals surface area contributed by atoms with E-state index in [9.17, 15) is 4.79 Å². The van der Waals surface area contributed by atoms with E-state index in [1.165, 1.54) is 32.1 Å². The Hall–Kier alpha value is -2.62. The number of hydrogen-bond donors (Lipinski definition) is 1. The van der Waals surface area contributed by atoms with Crippen LogP contribution in [0.4, 0.5) is 5.69 Å². The van der Waals surface area contributed by atoms with Crippen LogP contribution in [-0.2, 0) is 4.79 Å². The van der Waals surface area contributed by atoms with Gasteiger partial charge in [0, 0.05) is 17.2 Å². The predicted octanol–water partition coefficient (Wildman–Crippen LogP) is 6.43. The zero-order valence-corrected chi connectivity index (χ0v) is 16.5. The van der Waals surface area contributed by atoms with Crippen molar-refractivity contribution >= 4 is 22.7 Å². The second-order valence-electron chi connectivity index (χ2n) is 7.91. The van der Waals surface area contributed by atoms with Gasteiger partial charge in [-0.05, 0) is 68.0 Å². The number of aromatic nitrogens is 1. The highest BCUT2D eigenvalue weighted by Gasteiger charge is 2.26. The van der Waals surface area contributed by atoms with Gasteiger partial charge in [-0.1, -0.05) is 38.3 Å². The van der Waals surface area contributed by atoms with E-state index in [1.54, 1.807) is 0 Å². The number of nitrogens with zero attached hydrogens (tertiary/aromatic N) is 1. The van der Waals surface area contributed by atoms with Crippen molar-refractivity contribution < 1.29 is 9.21 Å². The zero-order valence-electron chi connectivity index (χ0n) is 16.5. The molecular weight excluding hydrogens is 348 g/mol. The number of rotatable bonds is 6. The van der Waals surface area contributed by atoms with Crippen LogP contribution in [0.1, 0.15) is 51.9 Å². The molecule has 4 rings (SSSR count). The summed E-state index contributed by atoms with van der Waals surface area (Å²) in [5, 5.41) is 3.08. The fourth-order valence-corrected chi connectivity index (χ4v) is 4.14. The summed E-state index contributed by atoms with van der Waals surface area (Å²) in [5.74, 6) is 1.72. The van der Waals surface area contributed by atoms with Crippen LogP contribution in [0.3, 0.4) is 0 Å². The minimum atomic E-state index is 0.148. The van der Waals surface area contributed by atoms with Gasteiger partial charge in [0.15, 0.2) is 5.58 Å². The quantitative estimate of drug-likeness (QED) is 0.539. The molecule has 0 radical (unpaired) electrons. The fourth-order valence-electron chi connectivity index (χ4n) is 4.14. The maximum absolute atomic E-state index is 12.6. The summed E-state index contributed by atoms with van der Waals surface area (Å²) in [6.07, 6.45) is 8.31. The molecule has 146 valence electrons. The van der Waals surface area contributed by atoms with Crippen LogP contribution in [0.25, 0.3) is 22.6 Å². The summed E-state index contributed by atoms with van der Waals surface area (Å²) < 4.78 is 5.81. The molecule has 3 aromatic rings. The number of carbonyl (C=O) groups excluding carboxylic acids is 1. The topological polar surface area (TPSA) is 55.1 Å². The molecule has 0 spiro atoms. The number of hydrogen-bond acceptors (Lipinski definition) is 3. The van der Waals surface area contributed by atoms with E-state index < -0.39 is 0 Å². The number of unbranched alkanes of at least 4 members (excludes halogenated alkanes) is 1. The third-order valence-electron chi connectivity index (χ3n) is 5.88. The maximum Gasteiger partial charge on any atom is 0.227 e. The van der Waals surface area contributed by atoms with Gasteiger partial charge in [0.1, 0.15) is 5.52 Å². The molecule has 2 aromatic carbocycles. The van der Waals surface area contributed by atoms with Crippen molar-refractivity contribution in [1.29, 1.82) is 0 Å². The van der Waals surface area contributed by atoms with Crippen LogP contribution < -0.4 is 5.32 Å². The molecule has 0 saturated heterocycles. The van der Waals surface area contributed by atoms with Crippen LogP contribution in [0.2, 0.25) is 0 Å². The van der Waals surface area contributed by atoms with Gasteiger partial charge in [-0.2, -0.15) is 0 Å². The third kappa shape index (κ3) is 4.27. The predicted molar refractivity (Wildman–Crippen MR) is 113 cm³/mol. The van der Waals surface area contributed by atoms with Gasteiger partial charge >= 0.3 is 0 Å². The molecule has 1 N–H and O–H groups in total. The Morgan fingerprint density at radius 1 is 1.07 bits per heavy atom.